The molecule has 3 unspecified atom stereocenters. The predicted molar refractivity (Wildman–Crippen MR) is 64.3 cm³/mol. The quantitative estimate of drug-likeness (QED) is 0.800. The summed E-state index contributed by atoms with van der Waals surface area (Å²) in [4.78, 5) is 0. The lowest BCUT2D eigenvalue weighted by Gasteiger charge is -2.44. The van der Waals surface area contributed by atoms with Gasteiger partial charge in [0.1, 0.15) is 0 Å². The molecule has 2 rings (SSSR count). The molecule has 0 aromatic heterocycles. The fraction of sp³-hybridized carbons (Fsp3) is 1.00. The minimum Gasteiger partial charge on any atom is -0.374 e. The van der Waals surface area contributed by atoms with Crippen molar-refractivity contribution in [2.24, 2.45) is 11.7 Å². The van der Waals surface area contributed by atoms with Crippen LogP contribution >= 0.6 is 0 Å². The first kappa shape index (κ1) is 12.3. The largest absolute Gasteiger partial charge is 0.374 e. The SMILES string of the molecule is CCOC1C(N)CC1OC1CCC(C)CC1. The molecule has 2 saturated carbocycles. The molecule has 3 heteroatoms. The van der Waals surface area contributed by atoms with Crippen LogP contribution in [-0.4, -0.2) is 31.0 Å². The van der Waals surface area contributed by atoms with E-state index in [0.29, 0.717) is 6.10 Å². The normalized spacial score (nSPS) is 44.1. The lowest BCUT2D eigenvalue weighted by atomic mass is 9.84. The van der Waals surface area contributed by atoms with Crippen LogP contribution in [0, 0.1) is 5.92 Å². The number of hydrogen-bond donors (Lipinski definition) is 1. The van der Waals surface area contributed by atoms with Crippen LogP contribution in [0.4, 0.5) is 0 Å². The van der Waals surface area contributed by atoms with Crippen LogP contribution < -0.4 is 5.73 Å². The zero-order valence-electron chi connectivity index (χ0n) is 10.5. The lowest BCUT2D eigenvalue weighted by molar-refractivity contribution is -0.165. The van der Waals surface area contributed by atoms with Gasteiger partial charge in [0.15, 0.2) is 0 Å². The summed E-state index contributed by atoms with van der Waals surface area (Å²) in [6, 6.07) is 0.187. The fourth-order valence-electron chi connectivity index (χ4n) is 2.79. The van der Waals surface area contributed by atoms with Gasteiger partial charge >= 0.3 is 0 Å². The van der Waals surface area contributed by atoms with Crippen LogP contribution in [0.5, 0.6) is 0 Å². The molecule has 0 saturated heterocycles. The van der Waals surface area contributed by atoms with Crippen LogP contribution in [0.25, 0.3) is 0 Å². The van der Waals surface area contributed by atoms with Gasteiger partial charge in [-0.15, -0.1) is 0 Å². The van der Waals surface area contributed by atoms with E-state index in [0.717, 1.165) is 18.9 Å². The van der Waals surface area contributed by atoms with Crippen LogP contribution in [0.1, 0.15) is 46.0 Å². The molecule has 2 aliphatic carbocycles. The summed E-state index contributed by atoms with van der Waals surface area (Å²) in [6.07, 6.45) is 6.87. The average Bonchev–Trinajstić information content (AvgIpc) is 2.28. The predicted octanol–water partition coefficient (Wildman–Crippen LogP) is 2.09. The van der Waals surface area contributed by atoms with Crippen LogP contribution in [-0.2, 0) is 9.47 Å². The van der Waals surface area contributed by atoms with Gasteiger partial charge in [0.25, 0.3) is 0 Å². The van der Waals surface area contributed by atoms with Crippen LogP contribution in [0.3, 0.4) is 0 Å². The summed E-state index contributed by atoms with van der Waals surface area (Å²) in [6.45, 7) is 5.09. The molecule has 94 valence electrons. The summed E-state index contributed by atoms with van der Waals surface area (Å²) in [5.74, 6) is 0.881. The topological polar surface area (TPSA) is 44.5 Å². The molecule has 0 bridgehead atoms. The van der Waals surface area contributed by atoms with Gasteiger partial charge < -0.3 is 15.2 Å². The molecular formula is C13H25NO2. The molecule has 0 aromatic carbocycles. The molecule has 0 aromatic rings. The Morgan fingerprint density at radius 3 is 2.44 bits per heavy atom. The van der Waals surface area contributed by atoms with Crippen molar-refractivity contribution in [3.05, 3.63) is 0 Å². The van der Waals surface area contributed by atoms with Gasteiger partial charge in [-0.25, -0.2) is 0 Å². The van der Waals surface area contributed by atoms with Crippen molar-refractivity contribution in [1.82, 2.24) is 0 Å². The third-order valence-corrected chi connectivity index (χ3v) is 3.98. The highest BCUT2D eigenvalue weighted by molar-refractivity contribution is 4.95. The molecule has 0 amide bonds. The first-order chi connectivity index (χ1) is 7.70. The molecule has 2 aliphatic rings. The number of hydrogen-bond acceptors (Lipinski definition) is 3. The van der Waals surface area contributed by atoms with E-state index in [-0.39, 0.29) is 18.2 Å². The number of nitrogens with two attached hydrogens (primary N) is 1. The minimum atomic E-state index is 0.143. The molecule has 2 fully saturated rings. The second-order valence-electron chi connectivity index (χ2n) is 5.38. The van der Waals surface area contributed by atoms with Gasteiger partial charge in [-0.05, 0) is 44.9 Å². The summed E-state index contributed by atoms with van der Waals surface area (Å²) >= 11 is 0. The fourth-order valence-corrected chi connectivity index (χ4v) is 2.79. The molecule has 2 N–H and O–H groups in total. The highest BCUT2D eigenvalue weighted by atomic mass is 16.6. The minimum absolute atomic E-state index is 0.143. The first-order valence-electron chi connectivity index (χ1n) is 6.73. The van der Waals surface area contributed by atoms with Gasteiger partial charge in [0.05, 0.1) is 18.3 Å². The van der Waals surface area contributed by atoms with E-state index >= 15 is 0 Å². The maximum absolute atomic E-state index is 6.11. The highest BCUT2D eigenvalue weighted by Gasteiger charge is 2.41. The van der Waals surface area contributed by atoms with Crippen LogP contribution in [0.15, 0.2) is 0 Å². The van der Waals surface area contributed by atoms with Crippen molar-refractivity contribution in [2.45, 2.75) is 70.3 Å². The lowest BCUT2D eigenvalue weighted by Crippen LogP contribution is -2.59. The van der Waals surface area contributed by atoms with E-state index in [1.165, 1.54) is 25.7 Å². The van der Waals surface area contributed by atoms with Gasteiger partial charge in [-0.2, -0.15) is 0 Å². The van der Waals surface area contributed by atoms with Gasteiger partial charge in [0.2, 0.25) is 0 Å². The Hall–Kier alpha value is -0.120. The van der Waals surface area contributed by atoms with Gasteiger partial charge in [-0.3, -0.25) is 0 Å². The van der Waals surface area contributed by atoms with Gasteiger partial charge in [-0.1, -0.05) is 6.92 Å². The molecule has 0 radical (unpaired) electrons. The molecule has 3 nitrogen and oxygen atoms in total. The second kappa shape index (κ2) is 5.48. The Morgan fingerprint density at radius 1 is 1.19 bits per heavy atom. The molecule has 0 aliphatic heterocycles. The molecule has 0 heterocycles. The first-order valence-corrected chi connectivity index (χ1v) is 6.73. The summed E-state index contributed by atoms with van der Waals surface area (Å²) in [5, 5.41) is 0. The Morgan fingerprint density at radius 2 is 1.88 bits per heavy atom. The van der Waals surface area contributed by atoms with Crippen LogP contribution in [0.2, 0.25) is 0 Å². The second-order valence-corrected chi connectivity index (χ2v) is 5.38. The molecular weight excluding hydrogens is 202 g/mol. The van der Waals surface area contributed by atoms with Crippen molar-refractivity contribution in [1.29, 1.82) is 0 Å². The number of rotatable bonds is 4. The third-order valence-electron chi connectivity index (χ3n) is 3.98. The Bertz CT molecular complexity index is 214. The molecule has 3 atom stereocenters. The van der Waals surface area contributed by atoms with Crippen molar-refractivity contribution in [2.75, 3.05) is 6.61 Å². The van der Waals surface area contributed by atoms with Crippen molar-refractivity contribution >= 4 is 0 Å². The zero-order valence-corrected chi connectivity index (χ0v) is 10.5. The zero-order chi connectivity index (χ0) is 11.5. The smallest absolute Gasteiger partial charge is 0.0988 e. The maximum Gasteiger partial charge on any atom is 0.0988 e. The summed E-state index contributed by atoms with van der Waals surface area (Å²) in [7, 11) is 0. The molecule has 0 spiro atoms. The van der Waals surface area contributed by atoms with E-state index in [4.69, 9.17) is 15.2 Å². The van der Waals surface area contributed by atoms with Gasteiger partial charge in [0, 0.05) is 12.6 Å². The number of ether oxygens (including phenoxy) is 2. The van der Waals surface area contributed by atoms with E-state index in [2.05, 4.69) is 6.92 Å². The van der Waals surface area contributed by atoms with E-state index in [1.54, 1.807) is 0 Å². The monoisotopic (exact) mass is 227 g/mol. The molecule has 16 heavy (non-hydrogen) atoms. The highest BCUT2D eigenvalue weighted by Crippen LogP contribution is 2.32. The van der Waals surface area contributed by atoms with E-state index in [1.807, 2.05) is 6.92 Å². The maximum atomic E-state index is 6.11. The standard InChI is InChI=1S/C13H25NO2/c1-3-15-13-11(14)8-12(13)16-10-6-4-9(2)5-7-10/h9-13H,3-8,14H2,1-2H3. The Kier molecular flexibility index (Phi) is 4.22. The Balaban J connectivity index is 1.73. The van der Waals surface area contributed by atoms with Crippen molar-refractivity contribution in [3.63, 3.8) is 0 Å². The third kappa shape index (κ3) is 2.76. The van der Waals surface area contributed by atoms with E-state index in [9.17, 15) is 0 Å². The summed E-state index contributed by atoms with van der Waals surface area (Å²) < 4.78 is 11.7. The summed E-state index contributed by atoms with van der Waals surface area (Å²) in [5.41, 5.74) is 5.92. The average molecular weight is 227 g/mol. The van der Waals surface area contributed by atoms with Crippen molar-refractivity contribution in [3.8, 4) is 0 Å². The van der Waals surface area contributed by atoms with Crippen molar-refractivity contribution < 1.29 is 9.47 Å². The van der Waals surface area contributed by atoms with E-state index < -0.39 is 0 Å². The Labute approximate surface area is 98.7 Å².